The number of likely N-dealkylation sites (tertiary alicyclic amines) is 1. The molecule has 2 aromatic heterocycles. The van der Waals surface area contributed by atoms with Crippen LogP contribution >= 0.6 is 0 Å². The van der Waals surface area contributed by atoms with E-state index >= 15 is 0 Å². The lowest BCUT2D eigenvalue weighted by Crippen LogP contribution is -2.43. The molecule has 156 valence electrons. The minimum atomic E-state index is 0.711. The molecule has 2 aliphatic rings. The summed E-state index contributed by atoms with van der Waals surface area (Å²) in [5, 5.41) is 1.15. The lowest BCUT2D eigenvalue weighted by atomic mass is 9.94. The molecule has 2 fully saturated rings. The van der Waals surface area contributed by atoms with Gasteiger partial charge in [-0.3, -0.25) is 4.98 Å². The van der Waals surface area contributed by atoms with E-state index in [4.69, 9.17) is 9.97 Å². The van der Waals surface area contributed by atoms with Crippen molar-refractivity contribution >= 4 is 16.7 Å². The van der Waals surface area contributed by atoms with E-state index in [-0.39, 0.29) is 0 Å². The number of fused-ring (bicyclic) bond motifs is 1. The Bertz CT molecular complexity index is 981. The van der Waals surface area contributed by atoms with Crippen molar-refractivity contribution in [1.82, 2.24) is 19.9 Å². The van der Waals surface area contributed by atoms with Crippen LogP contribution < -0.4 is 4.90 Å². The van der Waals surface area contributed by atoms with E-state index in [1.165, 1.54) is 45.3 Å². The van der Waals surface area contributed by atoms with Crippen molar-refractivity contribution in [2.24, 2.45) is 11.8 Å². The Morgan fingerprint density at radius 2 is 1.83 bits per heavy atom. The van der Waals surface area contributed by atoms with Gasteiger partial charge in [-0.05, 0) is 74.9 Å². The van der Waals surface area contributed by atoms with E-state index < -0.39 is 0 Å². The Kier molecular flexibility index (Phi) is 5.63. The van der Waals surface area contributed by atoms with Crippen LogP contribution in [0.15, 0.2) is 48.8 Å². The fourth-order valence-corrected chi connectivity index (χ4v) is 4.94. The SMILES string of the molecule is CC1CCN(CC2CCCN(c3nc(-c4cccnc4)nc4ccccc34)C2)CC1. The number of piperidine rings is 2. The molecule has 5 nitrogen and oxygen atoms in total. The van der Waals surface area contributed by atoms with Crippen molar-refractivity contribution < 1.29 is 0 Å². The Morgan fingerprint density at radius 3 is 2.67 bits per heavy atom. The molecule has 5 rings (SSSR count). The molecular weight excluding hydrogens is 370 g/mol. The number of hydrogen-bond acceptors (Lipinski definition) is 5. The first-order chi connectivity index (χ1) is 14.8. The van der Waals surface area contributed by atoms with Crippen LogP contribution in [0.1, 0.15) is 32.6 Å². The third-order valence-corrected chi connectivity index (χ3v) is 6.71. The molecule has 30 heavy (non-hydrogen) atoms. The highest BCUT2D eigenvalue weighted by Gasteiger charge is 2.26. The molecular formula is C25H31N5. The van der Waals surface area contributed by atoms with Crippen LogP contribution in [0.3, 0.4) is 0 Å². The number of benzene rings is 1. The van der Waals surface area contributed by atoms with Gasteiger partial charge < -0.3 is 9.80 Å². The average molecular weight is 402 g/mol. The highest BCUT2D eigenvalue weighted by molar-refractivity contribution is 5.91. The van der Waals surface area contributed by atoms with Crippen molar-refractivity contribution in [2.45, 2.75) is 32.6 Å². The first kappa shape index (κ1) is 19.4. The number of pyridine rings is 1. The summed E-state index contributed by atoms with van der Waals surface area (Å²) < 4.78 is 0. The first-order valence-corrected chi connectivity index (χ1v) is 11.4. The number of nitrogens with zero attached hydrogens (tertiary/aromatic N) is 5. The lowest BCUT2D eigenvalue weighted by Gasteiger charge is -2.38. The summed E-state index contributed by atoms with van der Waals surface area (Å²) >= 11 is 0. The number of anilines is 1. The zero-order valence-electron chi connectivity index (χ0n) is 17.9. The summed E-state index contributed by atoms with van der Waals surface area (Å²) in [4.78, 5) is 19.3. The van der Waals surface area contributed by atoms with Crippen LogP contribution in [0, 0.1) is 11.8 Å². The third-order valence-electron chi connectivity index (χ3n) is 6.71. The van der Waals surface area contributed by atoms with Crippen LogP contribution in [0.5, 0.6) is 0 Å². The van der Waals surface area contributed by atoms with Gasteiger partial charge in [0, 0.05) is 43.0 Å². The Hall–Kier alpha value is -2.53. The van der Waals surface area contributed by atoms with Crippen LogP contribution in [0.25, 0.3) is 22.3 Å². The molecule has 2 saturated heterocycles. The summed E-state index contributed by atoms with van der Waals surface area (Å²) in [6.45, 7) is 8.29. The van der Waals surface area contributed by atoms with Gasteiger partial charge >= 0.3 is 0 Å². The van der Waals surface area contributed by atoms with Gasteiger partial charge in [0.1, 0.15) is 5.82 Å². The van der Waals surface area contributed by atoms with E-state index in [9.17, 15) is 0 Å². The second-order valence-electron chi connectivity index (χ2n) is 9.07. The van der Waals surface area contributed by atoms with Crippen LogP contribution in [0.2, 0.25) is 0 Å². The lowest BCUT2D eigenvalue weighted by molar-refractivity contribution is 0.159. The van der Waals surface area contributed by atoms with Crippen LogP contribution in [-0.4, -0.2) is 52.6 Å². The topological polar surface area (TPSA) is 45.2 Å². The maximum atomic E-state index is 5.05. The maximum Gasteiger partial charge on any atom is 0.163 e. The molecule has 3 aromatic rings. The molecule has 0 spiro atoms. The number of para-hydroxylation sites is 1. The fraction of sp³-hybridized carbons (Fsp3) is 0.480. The maximum absolute atomic E-state index is 5.05. The minimum Gasteiger partial charge on any atom is -0.356 e. The molecule has 5 heteroatoms. The van der Waals surface area contributed by atoms with Crippen molar-refractivity contribution in [3.8, 4) is 11.4 Å². The molecule has 0 bridgehead atoms. The zero-order valence-corrected chi connectivity index (χ0v) is 17.9. The normalized spacial score (nSPS) is 21.2. The largest absolute Gasteiger partial charge is 0.356 e. The van der Waals surface area contributed by atoms with E-state index in [0.717, 1.165) is 47.1 Å². The van der Waals surface area contributed by atoms with Gasteiger partial charge in [-0.25, -0.2) is 9.97 Å². The average Bonchev–Trinajstić information content (AvgIpc) is 2.81. The fourth-order valence-electron chi connectivity index (χ4n) is 4.94. The van der Waals surface area contributed by atoms with Crippen molar-refractivity contribution in [2.75, 3.05) is 37.6 Å². The first-order valence-electron chi connectivity index (χ1n) is 11.4. The van der Waals surface area contributed by atoms with Gasteiger partial charge in [-0.2, -0.15) is 0 Å². The smallest absolute Gasteiger partial charge is 0.163 e. The molecule has 2 aliphatic heterocycles. The second kappa shape index (κ2) is 8.68. The minimum absolute atomic E-state index is 0.711. The predicted octanol–water partition coefficient (Wildman–Crippen LogP) is 4.64. The van der Waals surface area contributed by atoms with E-state index in [0.29, 0.717) is 5.92 Å². The molecule has 0 N–H and O–H groups in total. The molecule has 0 saturated carbocycles. The van der Waals surface area contributed by atoms with Crippen molar-refractivity contribution in [3.63, 3.8) is 0 Å². The van der Waals surface area contributed by atoms with Gasteiger partial charge in [-0.15, -0.1) is 0 Å². The predicted molar refractivity (Wildman–Crippen MR) is 123 cm³/mol. The second-order valence-corrected chi connectivity index (χ2v) is 9.07. The van der Waals surface area contributed by atoms with Gasteiger partial charge in [0.15, 0.2) is 5.82 Å². The van der Waals surface area contributed by atoms with E-state index in [1.807, 2.05) is 18.3 Å². The molecule has 1 aromatic carbocycles. The molecule has 0 amide bonds. The highest BCUT2D eigenvalue weighted by Crippen LogP contribution is 2.31. The molecule has 1 atom stereocenters. The van der Waals surface area contributed by atoms with Gasteiger partial charge in [0.2, 0.25) is 0 Å². The Morgan fingerprint density at radius 1 is 0.967 bits per heavy atom. The van der Waals surface area contributed by atoms with Crippen molar-refractivity contribution in [3.05, 3.63) is 48.8 Å². The Balaban J connectivity index is 1.42. The van der Waals surface area contributed by atoms with Gasteiger partial charge in [0.25, 0.3) is 0 Å². The van der Waals surface area contributed by atoms with Crippen LogP contribution in [0.4, 0.5) is 5.82 Å². The summed E-state index contributed by atoms with van der Waals surface area (Å²) in [6.07, 6.45) is 8.89. The monoisotopic (exact) mass is 401 g/mol. The van der Waals surface area contributed by atoms with Gasteiger partial charge in [0.05, 0.1) is 5.52 Å². The number of rotatable bonds is 4. The quantitative estimate of drug-likeness (QED) is 0.637. The summed E-state index contributed by atoms with van der Waals surface area (Å²) in [5.41, 5.74) is 1.98. The summed E-state index contributed by atoms with van der Waals surface area (Å²) in [5.74, 6) is 3.45. The van der Waals surface area contributed by atoms with E-state index in [2.05, 4.69) is 46.0 Å². The number of hydrogen-bond donors (Lipinski definition) is 0. The zero-order chi connectivity index (χ0) is 20.3. The standard InChI is InChI=1S/C25H31N5/c1-19-10-14-29(15-11-19)17-20-6-5-13-30(18-20)25-22-8-2-3-9-23(22)27-24(28-25)21-7-4-12-26-16-21/h2-4,7-9,12,16,19-20H,5-6,10-11,13-15,17-18H2,1H3. The van der Waals surface area contributed by atoms with Crippen molar-refractivity contribution in [1.29, 1.82) is 0 Å². The van der Waals surface area contributed by atoms with Crippen LogP contribution in [-0.2, 0) is 0 Å². The summed E-state index contributed by atoms with van der Waals surface area (Å²) in [6, 6.07) is 12.4. The molecule has 0 aliphatic carbocycles. The molecule has 0 radical (unpaired) electrons. The molecule has 1 unspecified atom stereocenters. The molecule has 4 heterocycles. The van der Waals surface area contributed by atoms with E-state index in [1.54, 1.807) is 6.20 Å². The summed E-state index contributed by atoms with van der Waals surface area (Å²) in [7, 11) is 0. The highest BCUT2D eigenvalue weighted by atomic mass is 15.2. The number of aromatic nitrogens is 3. The van der Waals surface area contributed by atoms with Gasteiger partial charge in [-0.1, -0.05) is 19.1 Å². The third kappa shape index (κ3) is 4.17. The Labute approximate surface area is 179 Å².